The number of hydrogen-bond acceptors (Lipinski definition) is 5. The fraction of sp³-hybridized carbons (Fsp3) is 0.545. The maximum Gasteiger partial charge on any atom is 0.227 e. The van der Waals surface area contributed by atoms with Gasteiger partial charge in [0.15, 0.2) is 5.82 Å². The van der Waals surface area contributed by atoms with E-state index in [0.717, 1.165) is 69.6 Å². The summed E-state index contributed by atoms with van der Waals surface area (Å²) in [4.78, 5) is 2.34. The maximum atomic E-state index is 6.03. The zero-order valence-corrected chi connectivity index (χ0v) is 16.9. The predicted molar refractivity (Wildman–Crippen MR) is 111 cm³/mol. The van der Waals surface area contributed by atoms with Gasteiger partial charge < -0.3 is 18.9 Å². The van der Waals surface area contributed by atoms with E-state index in [0.29, 0.717) is 5.92 Å². The molecule has 1 spiro atoms. The first-order chi connectivity index (χ1) is 14.2. The molecule has 0 aliphatic carbocycles. The van der Waals surface area contributed by atoms with Gasteiger partial charge in [0.1, 0.15) is 5.60 Å². The van der Waals surface area contributed by atoms with Crippen LogP contribution in [0.5, 0.6) is 0 Å². The van der Waals surface area contributed by atoms with E-state index >= 15 is 0 Å². The molecule has 3 fully saturated rings. The Balaban J connectivity index is 1.40. The lowest BCUT2D eigenvalue weighted by Crippen LogP contribution is -2.62. The van der Waals surface area contributed by atoms with Crippen LogP contribution in [0.3, 0.4) is 0 Å². The van der Waals surface area contributed by atoms with E-state index < -0.39 is 0 Å². The van der Waals surface area contributed by atoms with Crippen molar-refractivity contribution in [3.05, 3.63) is 30.5 Å². The minimum absolute atomic E-state index is 0.0485. The number of anilines is 1. The Bertz CT molecular complexity index is 1030. The van der Waals surface area contributed by atoms with Crippen molar-refractivity contribution in [2.24, 2.45) is 13.0 Å². The van der Waals surface area contributed by atoms with Crippen LogP contribution in [0.25, 0.3) is 22.3 Å². The number of benzene rings is 1. The molecular weight excluding hydrogens is 366 g/mol. The van der Waals surface area contributed by atoms with Gasteiger partial charge in [0, 0.05) is 55.4 Å². The van der Waals surface area contributed by atoms with Gasteiger partial charge in [-0.05, 0) is 25.3 Å². The molecule has 7 heteroatoms. The Labute approximate surface area is 170 Å². The van der Waals surface area contributed by atoms with Gasteiger partial charge in [0.2, 0.25) is 5.95 Å². The van der Waals surface area contributed by atoms with Crippen LogP contribution in [0.4, 0.5) is 5.95 Å². The Morgan fingerprint density at radius 3 is 2.86 bits per heavy atom. The SMILES string of the molecule is Cn1cc(-c2nnc(N3CC4(CCCO4)C3)n2CC2CCOC2)c2ccccc21. The van der Waals surface area contributed by atoms with Gasteiger partial charge in [-0.1, -0.05) is 18.2 Å². The van der Waals surface area contributed by atoms with Crippen molar-refractivity contribution in [1.82, 2.24) is 19.3 Å². The first-order valence-electron chi connectivity index (χ1n) is 10.7. The summed E-state index contributed by atoms with van der Waals surface area (Å²) in [7, 11) is 2.09. The second-order valence-electron chi connectivity index (χ2n) is 8.83. The summed E-state index contributed by atoms with van der Waals surface area (Å²) in [5.74, 6) is 2.44. The molecular formula is C22H27N5O2. The van der Waals surface area contributed by atoms with E-state index in [9.17, 15) is 0 Å². The van der Waals surface area contributed by atoms with Crippen molar-refractivity contribution >= 4 is 16.9 Å². The quantitative estimate of drug-likeness (QED) is 0.682. The highest BCUT2D eigenvalue weighted by Crippen LogP contribution is 2.39. The number of nitrogens with zero attached hydrogens (tertiary/aromatic N) is 5. The van der Waals surface area contributed by atoms with Crippen LogP contribution in [0.1, 0.15) is 19.3 Å². The highest BCUT2D eigenvalue weighted by atomic mass is 16.5. The molecule has 7 nitrogen and oxygen atoms in total. The lowest BCUT2D eigenvalue weighted by atomic mass is 9.91. The van der Waals surface area contributed by atoms with Crippen molar-refractivity contribution < 1.29 is 9.47 Å². The molecule has 5 heterocycles. The summed E-state index contributed by atoms with van der Waals surface area (Å²) in [5.41, 5.74) is 2.41. The van der Waals surface area contributed by atoms with E-state index in [1.165, 1.54) is 17.3 Å². The molecule has 3 saturated heterocycles. The third-order valence-corrected chi connectivity index (χ3v) is 6.76. The molecule has 6 rings (SSSR count). The molecule has 0 amide bonds. The van der Waals surface area contributed by atoms with Crippen LogP contribution < -0.4 is 4.90 Å². The minimum atomic E-state index is 0.0485. The van der Waals surface area contributed by atoms with Crippen molar-refractivity contribution in [3.8, 4) is 11.4 Å². The summed E-state index contributed by atoms with van der Waals surface area (Å²) in [5, 5.41) is 10.6. The number of para-hydroxylation sites is 1. The summed E-state index contributed by atoms with van der Waals surface area (Å²) in [6, 6.07) is 8.50. The van der Waals surface area contributed by atoms with E-state index in [4.69, 9.17) is 9.47 Å². The molecule has 2 aromatic heterocycles. The molecule has 1 unspecified atom stereocenters. The van der Waals surface area contributed by atoms with Gasteiger partial charge in [-0.2, -0.15) is 0 Å². The fourth-order valence-corrected chi connectivity index (χ4v) is 5.20. The largest absolute Gasteiger partial charge is 0.381 e. The molecule has 0 saturated carbocycles. The van der Waals surface area contributed by atoms with Crippen molar-refractivity contribution in [2.75, 3.05) is 37.8 Å². The van der Waals surface area contributed by atoms with Crippen molar-refractivity contribution in [1.29, 1.82) is 0 Å². The van der Waals surface area contributed by atoms with E-state index in [-0.39, 0.29) is 5.60 Å². The molecule has 29 heavy (non-hydrogen) atoms. The topological polar surface area (TPSA) is 57.3 Å². The van der Waals surface area contributed by atoms with Crippen LogP contribution in [0.2, 0.25) is 0 Å². The number of aryl methyl sites for hydroxylation is 1. The summed E-state index contributed by atoms with van der Waals surface area (Å²) < 4.78 is 16.2. The first-order valence-corrected chi connectivity index (χ1v) is 10.7. The molecule has 3 aliphatic rings. The van der Waals surface area contributed by atoms with Gasteiger partial charge in [0.05, 0.1) is 19.7 Å². The van der Waals surface area contributed by atoms with E-state index in [1.807, 2.05) is 0 Å². The third-order valence-electron chi connectivity index (χ3n) is 6.76. The van der Waals surface area contributed by atoms with Crippen molar-refractivity contribution in [3.63, 3.8) is 0 Å². The zero-order chi connectivity index (χ0) is 19.4. The molecule has 0 radical (unpaired) electrons. The summed E-state index contributed by atoms with van der Waals surface area (Å²) >= 11 is 0. The third kappa shape index (κ3) is 2.79. The predicted octanol–water partition coefficient (Wildman–Crippen LogP) is 2.84. The molecule has 0 bridgehead atoms. The normalized spacial score (nSPS) is 23.3. The van der Waals surface area contributed by atoms with Gasteiger partial charge in [-0.15, -0.1) is 10.2 Å². The lowest BCUT2D eigenvalue weighted by Gasteiger charge is -2.47. The summed E-state index contributed by atoms with van der Waals surface area (Å²) in [6.45, 7) is 5.29. The van der Waals surface area contributed by atoms with Gasteiger partial charge >= 0.3 is 0 Å². The molecule has 1 atom stereocenters. The lowest BCUT2D eigenvalue weighted by molar-refractivity contribution is -0.0191. The molecule has 1 aromatic carbocycles. The molecule has 0 N–H and O–H groups in total. The van der Waals surface area contributed by atoms with Crippen LogP contribution in [-0.4, -0.2) is 57.8 Å². The molecule has 152 valence electrons. The maximum absolute atomic E-state index is 6.03. The fourth-order valence-electron chi connectivity index (χ4n) is 5.20. The second-order valence-corrected chi connectivity index (χ2v) is 8.83. The first kappa shape index (κ1) is 17.5. The summed E-state index contributed by atoms with van der Waals surface area (Å²) in [6.07, 6.45) is 5.60. The van der Waals surface area contributed by atoms with Crippen LogP contribution in [0.15, 0.2) is 30.5 Å². The Kier molecular flexibility index (Phi) is 3.96. The standard InChI is InChI=1S/C22H27N5O2/c1-25-12-18(17-5-2-3-6-19(17)25)20-23-24-21(27(20)11-16-7-10-28-13-16)26-14-22(15-26)8-4-9-29-22/h2-3,5-6,12,16H,4,7-11,13-15H2,1H3. The van der Waals surface area contributed by atoms with Gasteiger partial charge in [0.25, 0.3) is 0 Å². The number of hydrogen-bond donors (Lipinski definition) is 0. The second kappa shape index (κ2) is 6.57. The number of ether oxygens (including phenoxy) is 2. The molecule has 3 aromatic rings. The van der Waals surface area contributed by atoms with Crippen LogP contribution >= 0.6 is 0 Å². The van der Waals surface area contributed by atoms with Crippen LogP contribution in [0, 0.1) is 5.92 Å². The zero-order valence-electron chi connectivity index (χ0n) is 16.9. The molecule has 3 aliphatic heterocycles. The Morgan fingerprint density at radius 1 is 1.17 bits per heavy atom. The van der Waals surface area contributed by atoms with E-state index in [2.05, 4.69) is 61.7 Å². The highest BCUT2D eigenvalue weighted by molar-refractivity contribution is 5.94. The smallest absolute Gasteiger partial charge is 0.227 e. The average molecular weight is 393 g/mol. The number of aromatic nitrogens is 4. The monoisotopic (exact) mass is 393 g/mol. The van der Waals surface area contributed by atoms with Gasteiger partial charge in [-0.25, -0.2) is 0 Å². The Hall–Kier alpha value is -2.38. The van der Waals surface area contributed by atoms with Crippen molar-refractivity contribution in [2.45, 2.75) is 31.4 Å². The minimum Gasteiger partial charge on any atom is -0.381 e. The Morgan fingerprint density at radius 2 is 2.07 bits per heavy atom. The number of fused-ring (bicyclic) bond motifs is 1. The number of rotatable bonds is 4. The van der Waals surface area contributed by atoms with E-state index in [1.54, 1.807) is 0 Å². The highest BCUT2D eigenvalue weighted by Gasteiger charge is 2.48. The van der Waals surface area contributed by atoms with Gasteiger partial charge in [-0.3, -0.25) is 4.57 Å². The van der Waals surface area contributed by atoms with Crippen LogP contribution in [-0.2, 0) is 23.1 Å². The average Bonchev–Trinajstić information content (AvgIpc) is 3.48.